The van der Waals surface area contributed by atoms with E-state index in [1.54, 1.807) is 0 Å². The molecule has 0 spiro atoms. The lowest BCUT2D eigenvalue weighted by molar-refractivity contribution is 0.102. The number of hydrogen-bond donors (Lipinski definition) is 1. The minimum absolute atomic E-state index is 0.0454. The molecule has 1 N–H and O–H groups in total. The maximum Gasteiger partial charge on any atom is 0.257 e. The average Bonchev–Trinajstić information content (AvgIpc) is 3.10. The van der Waals surface area contributed by atoms with E-state index in [-0.39, 0.29) is 37.8 Å². The molecule has 1 aromatic heterocycles. The smallest absolute Gasteiger partial charge is 0.257 e. The van der Waals surface area contributed by atoms with Crippen LogP contribution < -0.4 is 5.32 Å². The minimum Gasteiger partial charge on any atom is -0.296 e. The number of carbonyl (C=O) groups excluding carboxylic acids is 1. The van der Waals surface area contributed by atoms with Crippen molar-refractivity contribution < 1.29 is 17.6 Å². The summed E-state index contributed by atoms with van der Waals surface area (Å²) in [5.74, 6) is -1.16. The van der Waals surface area contributed by atoms with Crippen LogP contribution in [0.2, 0.25) is 10.0 Å². The molecule has 1 heterocycles. The van der Waals surface area contributed by atoms with Gasteiger partial charge in [-0.25, -0.2) is 12.8 Å². The Labute approximate surface area is 174 Å². The molecule has 0 aliphatic rings. The number of amides is 1. The third kappa shape index (κ3) is 5.05. The van der Waals surface area contributed by atoms with Gasteiger partial charge >= 0.3 is 0 Å². The SMILES string of the molecule is O=C(Nc1nnc(CCS(=O)(=O)c2cc(Cl)ccc2Cl)s1)c1ccc(F)cc1. The fourth-order valence-corrected chi connectivity index (χ4v) is 5.15. The maximum absolute atomic E-state index is 12.9. The molecule has 146 valence electrons. The Kier molecular flexibility index (Phi) is 6.29. The molecule has 6 nitrogen and oxygen atoms in total. The molecule has 3 rings (SSSR count). The van der Waals surface area contributed by atoms with E-state index in [4.69, 9.17) is 23.2 Å². The Morgan fingerprint density at radius 2 is 1.82 bits per heavy atom. The normalized spacial score (nSPS) is 11.4. The van der Waals surface area contributed by atoms with Crippen molar-refractivity contribution in [2.24, 2.45) is 0 Å². The molecule has 2 aromatic carbocycles. The average molecular weight is 460 g/mol. The molecule has 0 saturated carbocycles. The number of benzene rings is 2. The molecule has 0 radical (unpaired) electrons. The summed E-state index contributed by atoms with van der Waals surface area (Å²) in [5.41, 5.74) is 0.260. The van der Waals surface area contributed by atoms with Crippen molar-refractivity contribution >= 4 is 55.4 Å². The fraction of sp³-hybridized carbons (Fsp3) is 0.118. The van der Waals surface area contributed by atoms with Crippen LogP contribution in [0, 0.1) is 5.82 Å². The molecule has 1 amide bonds. The number of aryl methyl sites for hydroxylation is 1. The van der Waals surface area contributed by atoms with E-state index in [1.807, 2.05) is 0 Å². The van der Waals surface area contributed by atoms with Crippen LogP contribution in [0.5, 0.6) is 0 Å². The van der Waals surface area contributed by atoms with Crippen LogP contribution in [-0.4, -0.2) is 30.3 Å². The Bertz CT molecular complexity index is 1120. The molecule has 3 aromatic rings. The van der Waals surface area contributed by atoms with E-state index >= 15 is 0 Å². The number of carbonyl (C=O) groups is 1. The van der Waals surface area contributed by atoms with E-state index in [0.717, 1.165) is 11.3 Å². The molecule has 0 aliphatic heterocycles. The van der Waals surface area contributed by atoms with Gasteiger partial charge in [0.15, 0.2) is 9.84 Å². The molecule has 0 bridgehead atoms. The predicted octanol–water partition coefficient (Wildman–Crippen LogP) is 4.25. The van der Waals surface area contributed by atoms with E-state index in [2.05, 4.69) is 15.5 Å². The highest BCUT2D eigenvalue weighted by atomic mass is 35.5. The molecule has 0 fully saturated rings. The van der Waals surface area contributed by atoms with Crippen molar-refractivity contribution in [2.45, 2.75) is 11.3 Å². The number of nitrogens with zero attached hydrogens (tertiary/aromatic N) is 2. The van der Waals surface area contributed by atoms with Gasteiger partial charge in [0.1, 0.15) is 10.8 Å². The molecule has 0 unspecified atom stereocenters. The van der Waals surface area contributed by atoms with E-state index in [0.29, 0.717) is 5.01 Å². The second-order valence-electron chi connectivity index (χ2n) is 5.61. The Morgan fingerprint density at radius 1 is 1.11 bits per heavy atom. The molecular weight excluding hydrogens is 448 g/mol. The van der Waals surface area contributed by atoms with Gasteiger partial charge < -0.3 is 0 Å². The topological polar surface area (TPSA) is 89.0 Å². The van der Waals surface area contributed by atoms with Crippen LogP contribution >= 0.6 is 34.5 Å². The largest absolute Gasteiger partial charge is 0.296 e. The first-order chi connectivity index (χ1) is 13.2. The van der Waals surface area contributed by atoms with Gasteiger partial charge in [0.2, 0.25) is 5.13 Å². The molecule has 11 heteroatoms. The van der Waals surface area contributed by atoms with Crippen molar-refractivity contribution in [1.29, 1.82) is 0 Å². The van der Waals surface area contributed by atoms with Gasteiger partial charge in [0.25, 0.3) is 5.91 Å². The number of hydrogen-bond acceptors (Lipinski definition) is 6. The Hall–Kier alpha value is -2.07. The molecule has 0 aliphatic carbocycles. The molecule has 0 atom stereocenters. The number of nitrogens with one attached hydrogen (secondary N) is 1. The summed E-state index contributed by atoms with van der Waals surface area (Å²) in [6.45, 7) is 0. The van der Waals surface area contributed by atoms with Crippen molar-refractivity contribution in [3.63, 3.8) is 0 Å². The van der Waals surface area contributed by atoms with Gasteiger partial charge in [-0.15, -0.1) is 10.2 Å². The van der Waals surface area contributed by atoms with E-state index in [9.17, 15) is 17.6 Å². The summed E-state index contributed by atoms with van der Waals surface area (Å²) in [4.78, 5) is 12.0. The highest BCUT2D eigenvalue weighted by Gasteiger charge is 2.20. The van der Waals surface area contributed by atoms with E-state index in [1.165, 1.54) is 42.5 Å². The van der Waals surface area contributed by atoms with Crippen LogP contribution in [0.15, 0.2) is 47.4 Å². The lowest BCUT2D eigenvalue weighted by atomic mass is 10.2. The summed E-state index contributed by atoms with van der Waals surface area (Å²) < 4.78 is 37.9. The number of sulfone groups is 1. The summed E-state index contributed by atoms with van der Waals surface area (Å²) in [5, 5.41) is 11.2. The summed E-state index contributed by atoms with van der Waals surface area (Å²) in [7, 11) is -3.67. The molecule has 0 saturated heterocycles. The predicted molar refractivity (Wildman–Crippen MR) is 106 cm³/mol. The first kappa shape index (κ1) is 20.7. The first-order valence-corrected chi connectivity index (χ1v) is 11.0. The van der Waals surface area contributed by atoms with Gasteiger partial charge in [-0.05, 0) is 42.5 Å². The number of aromatic nitrogens is 2. The second kappa shape index (κ2) is 8.52. The minimum atomic E-state index is -3.67. The number of rotatable bonds is 6. The highest BCUT2D eigenvalue weighted by molar-refractivity contribution is 7.91. The fourth-order valence-electron chi connectivity index (χ4n) is 2.22. The summed E-state index contributed by atoms with van der Waals surface area (Å²) in [6.07, 6.45) is 0.0925. The van der Waals surface area contributed by atoms with Gasteiger partial charge in [-0.2, -0.15) is 0 Å². The van der Waals surface area contributed by atoms with Crippen LogP contribution in [0.25, 0.3) is 0 Å². The second-order valence-corrected chi connectivity index (χ2v) is 9.59. The zero-order chi connectivity index (χ0) is 20.3. The third-order valence-corrected chi connectivity index (χ3v) is 6.93. The Morgan fingerprint density at radius 3 is 2.54 bits per heavy atom. The Balaban J connectivity index is 1.65. The number of halogens is 3. The standard InChI is InChI=1S/C17H12Cl2FN3O3S2/c18-11-3-6-13(19)14(9-11)28(25,26)8-7-15-22-23-17(27-15)21-16(24)10-1-4-12(20)5-2-10/h1-6,9H,7-8H2,(H,21,23,24). The summed E-state index contributed by atoms with van der Waals surface area (Å²) in [6, 6.07) is 9.25. The van der Waals surface area contributed by atoms with Crippen molar-refractivity contribution in [2.75, 3.05) is 11.1 Å². The van der Waals surface area contributed by atoms with Gasteiger partial charge in [0, 0.05) is 17.0 Å². The summed E-state index contributed by atoms with van der Waals surface area (Å²) >= 11 is 12.9. The number of anilines is 1. The molecular formula is C17H12Cl2FN3O3S2. The van der Waals surface area contributed by atoms with E-state index < -0.39 is 21.6 Å². The van der Waals surface area contributed by atoms with Crippen molar-refractivity contribution in [1.82, 2.24) is 10.2 Å². The van der Waals surface area contributed by atoms with Gasteiger partial charge in [0.05, 0.1) is 15.7 Å². The third-order valence-electron chi connectivity index (χ3n) is 3.61. The molecule has 28 heavy (non-hydrogen) atoms. The maximum atomic E-state index is 12.9. The van der Waals surface area contributed by atoms with Crippen molar-refractivity contribution in [3.8, 4) is 0 Å². The lowest BCUT2D eigenvalue weighted by Gasteiger charge is -2.06. The zero-order valence-electron chi connectivity index (χ0n) is 14.0. The van der Waals surface area contributed by atoms with Crippen LogP contribution in [-0.2, 0) is 16.3 Å². The lowest BCUT2D eigenvalue weighted by Crippen LogP contribution is -2.11. The first-order valence-electron chi connectivity index (χ1n) is 7.82. The van der Waals surface area contributed by atoms with Gasteiger partial charge in [-0.3, -0.25) is 10.1 Å². The van der Waals surface area contributed by atoms with Crippen LogP contribution in [0.1, 0.15) is 15.4 Å². The van der Waals surface area contributed by atoms with Crippen molar-refractivity contribution in [3.05, 3.63) is 68.9 Å². The highest BCUT2D eigenvalue weighted by Crippen LogP contribution is 2.27. The van der Waals surface area contributed by atoms with Crippen LogP contribution in [0.4, 0.5) is 9.52 Å². The van der Waals surface area contributed by atoms with Gasteiger partial charge in [-0.1, -0.05) is 34.5 Å². The van der Waals surface area contributed by atoms with Crippen LogP contribution in [0.3, 0.4) is 0 Å². The zero-order valence-corrected chi connectivity index (χ0v) is 17.2. The monoisotopic (exact) mass is 459 g/mol. The quantitative estimate of drug-likeness (QED) is 0.594.